The Kier molecular flexibility index (Phi) is 6.09. The lowest BCUT2D eigenvalue weighted by Gasteiger charge is -2.29. The van der Waals surface area contributed by atoms with Crippen molar-refractivity contribution >= 4 is 40.7 Å². The molecule has 0 aromatic heterocycles. The average Bonchev–Trinajstić information content (AvgIpc) is 2.98. The van der Waals surface area contributed by atoms with Crippen LogP contribution in [0.3, 0.4) is 0 Å². The second-order valence-electron chi connectivity index (χ2n) is 7.99. The number of halogens is 1. The van der Waals surface area contributed by atoms with Crippen LogP contribution in [0.2, 0.25) is 0 Å². The molecule has 0 unspecified atom stereocenters. The number of hydrogen-bond donors (Lipinski definition) is 2. The molecule has 4 rings (SSSR count). The zero-order chi connectivity index (χ0) is 22.0. The summed E-state index contributed by atoms with van der Waals surface area (Å²) in [5.74, 6) is -1.13. The maximum Gasteiger partial charge on any atom is 0.279 e. The molecule has 1 aliphatic heterocycles. The normalized spacial score (nSPS) is 17.3. The number of nitrogens with one attached hydrogen (secondary N) is 2. The summed E-state index contributed by atoms with van der Waals surface area (Å²) < 4.78 is 0. The summed E-state index contributed by atoms with van der Waals surface area (Å²) in [6, 6.07) is 14.2. The van der Waals surface area contributed by atoms with Gasteiger partial charge in [-0.25, -0.2) is 0 Å². The lowest BCUT2D eigenvalue weighted by Crippen LogP contribution is -2.42. The highest BCUT2D eigenvalue weighted by molar-refractivity contribution is 6.48. The van der Waals surface area contributed by atoms with Crippen molar-refractivity contribution in [3.8, 4) is 0 Å². The number of hydrogen-bond acceptors (Lipinski definition) is 4. The summed E-state index contributed by atoms with van der Waals surface area (Å²) >= 11 is 6.24. The zero-order valence-corrected chi connectivity index (χ0v) is 18.0. The minimum absolute atomic E-state index is 0.0634. The number of benzene rings is 2. The molecule has 0 spiro atoms. The first-order valence-electron chi connectivity index (χ1n) is 10.5. The van der Waals surface area contributed by atoms with Gasteiger partial charge in [-0.1, -0.05) is 49.1 Å². The number of carbonyl (C=O) groups is 3. The Bertz CT molecular complexity index is 1070. The summed E-state index contributed by atoms with van der Waals surface area (Å²) in [6.07, 6.45) is 4.74. The van der Waals surface area contributed by atoms with Crippen LogP contribution in [0.4, 0.5) is 11.4 Å². The molecule has 2 aliphatic rings. The maximum atomic E-state index is 12.9. The summed E-state index contributed by atoms with van der Waals surface area (Å²) in [4.78, 5) is 39.5. The fraction of sp³-hybridized carbons (Fsp3) is 0.292. The molecular weight excluding hydrogens is 414 g/mol. The first kappa shape index (κ1) is 21.1. The molecule has 3 amide bonds. The predicted octanol–water partition coefficient (Wildman–Crippen LogP) is 4.81. The molecule has 1 saturated carbocycles. The molecule has 2 aromatic rings. The number of amides is 3. The number of carbonyl (C=O) groups excluding carboxylic acids is 3. The fourth-order valence-corrected chi connectivity index (χ4v) is 4.33. The van der Waals surface area contributed by atoms with Crippen molar-refractivity contribution in [2.24, 2.45) is 0 Å². The van der Waals surface area contributed by atoms with Gasteiger partial charge in [0.15, 0.2) is 0 Å². The van der Waals surface area contributed by atoms with Crippen LogP contribution in [-0.2, 0) is 9.59 Å². The quantitative estimate of drug-likeness (QED) is 0.658. The molecule has 0 saturated heterocycles. The Labute approximate surface area is 186 Å². The summed E-state index contributed by atoms with van der Waals surface area (Å²) in [7, 11) is 0. The lowest BCUT2D eigenvalue weighted by atomic mass is 9.94. The molecular formula is C24H24ClN3O3. The van der Waals surface area contributed by atoms with Crippen LogP contribution in [0.5, 0.6) is 0 Å². The highest BCUT2D eigenvalue weighted by Crippen LogP contribution is 2.32. The molecule has 1 aliphatic carbocycles. The molecule has 31 heavy (non-hydrogen) atoms. The number of rotatable bonds is 5. The molecule has 2 N–H and O–H groups in total. The van der Waals surface area contributed by atoms with E-state index in [0.29, 0.717) is 16.9 Å². The van der Waals surface area contributed by atoms with E-state index in [4.69, 9.17) is 11.6 Å². The van der Waals surface area contributed by atoms with Crippen LogP contribution in [0.1, 0.15) is 48.0 Å². The Balaban J connectivity index is 1.50. The van der Waals surface area contributed by atoms with E-state index in [9.17, 15) is 14.4 Å². The number of nitrogens with zero attached hydrogens (tertiary/aromatic N) is 1. The van der Waals surface area contributed by atoms with Gasteiger partial charge >= 0.3 is 0 Å². The Morgan fingerprint density at radius 1 is 0.968 bits per heavy atom. The van der Waals surface area contributed by atoms with Crippen LogP contribution < -0.4 is 10.6 Å². The Hall–Kier alpha value is -3.12. The second kappa shape index (κ2) is 8.94. The smallest absolute Gasteiger partial charge is 0.279 e. The summed E-state index contributed by atoms with van der Waals surface area (Å²) in [6.45, 7) is 1.95. The van der Waals surface area contributed by atoms with Crippen LogP contribution >= 0.6 is 11.6 Å². The maximum absolute atomic E-state index is 12.9. The van der Waals surface area contributed by atoms with Gasteiger partial charge in [0.1, 0.15) is 10.7 Å². The number of imide groups is 1. The molecule has 6 nitrogen and oxygen atoms in total. The van der Waals surface area contributed by atoms with Gasteiger partial charge in [-0.2, -0.15) is 0 Å². The van der Waals surface area contributed by atoms with E-state index in [1.165, 1.54) is 4.90 Å². The van der Waals surface area contributed by atoms with E-state index in [-0.39, 0.29) is 22.7 Å². The van der Waals surface area contributed by atoms with Gasteiger partial charge in [0, 0.05) is 23.0 Å². The van der Waals surface area contributed by atoms with E-state index in [1.807, 2.05) is 31.2 Å². The second-order valence-corrected chi connectivity index (χ2v) is 8.37. The van der Waals surface area contributed by atoms with Gasteiger partial charge in [0.2, 0.25) is 0 Å². The minimum Gasteiger partial charge on any atom is -0.350 e. The van der Waals surface area contributed by atoms with E-state index < -0.39 is 11.8 Å². The molecule has 2 aromatic carbocycles. The molecule has 1 fully saturated rings. The summed E-state index contributed by atoms with van der Waals surface area (Å²) in [5.41, 5.74) is 2.74. The Morgan fingerprint density at radius 2 is 1.68 bits per heavy atom. The van der Waals surface area contributed by atoms with Gasteiger partial charge in [-0.05, 0) is 55.7 Å². The standard InChI is InChI=1S/C24H24ClN3O3/c1-15-7-5-9-17(13-15)27-22(29)16-8-6-10-18(14-16)26-21-20(25)23(30)28(24(21)31)19-11-3-2-4-12-19/h5-10,13-14,19,26H,2-4,11-12H2,1H3,(H,27,29). The van der Waals surface area contributed by atoms with E-state index in [2.05, 4.69) is 10.6 Å². The third kappa shape index (κ3) is 4.49. The largest absolute Gasteiger partial charge is 0.350 e. The first-order valence-corrected chi connectivity index (χ1v) is 10.8. The van der Waals surface area contributed by atoms with Crippen molar-refractivity contribution in [2.75, 3.05) is 10.6 Å². The van der Waals surface area contributed by atoms with Crippen molar-refractivity contribution in [1.29, 1.82) is 0 Å². The monoisotopic (exact) mass is 437 g/mol. The van der Waals surface area contributed by atoms with Gasteiger partial charge in [0.25, 0.3) is 17.7 Å². The van der Waals surface area contributed by atoms with Crippen LogP contribution in [0.25, 0.3) is 0 Å². The fourth-order valence-electron chi connectivity index (χ4n) is 4.11. The molecule has 1 heterocycles. The topological polar surface area (TPSA) is 78.5 Å². The van der Waals surface area contributed by atoms with Gasteiger partial charge < -0.3 is 10.6 Å². The van der Waals surface area contributed by atoms with Crippen LogP contribution in [-0.4, -0.2) is 28.7 Å². The van der Waals surface area contributed by atoms with Crippen molar-refractivity contribution < 1.29 is 14.4 Å². The van der Waals surface area contributed by atoms with Gasteiger partial charge in [-0.3, -0.25) is 19.3 Å². The average molecular weight is 438 g/mol. The highest BCUT2D eigenvalue weighted by atomic mass is 35.5. The third-order valence-electron chi connectivity index (χ3n) is 5.67. The van der Waals surface area contributed by atoms with E-state index >= 15 is 0 Å². The molecule has 0 radical (unpaired) electrons. The van der Waals surface area contributed by atoms with E-state index in [0.717, 1.165) is 37.7 Å². The summed E-state index contributed by atoms with van der Waals surface area (Å²) in [5, 5.41) is 5.72. The molecule has 7 heteroatoms. The Morgan fingerprint density at radius 3 is 2.42 bits per heavy atom. The van der Waals surface area contributed by atoms with E-state index in [1.54, 1.807) is 24.3 Å². The first-order chi connectivity index (χ1) is 14.9. The third-order valence-corrected chi connectivity index (χ3v) is 6.02. The van der Waals surface area contributed by atoms with Crippen molar-refractivity contribution in [1.82, 2.24) is 4.90 Å². The molecule has 160 valence electrons. The number of aryl methyl sites for hydroxylation is 1. The molecule has 0 bridgehead atoms. The van der Waals surface area contributed by atoms with Crippen LogP contribution in [0, 0.1) is 6.92 Å². The van der Waals surface area contributed by atoms with Crippen LogP contribution in [0.15, 0.2) is 59.3 Å². The minimum atomic E-state index is -0.450. The van der Waals surface area contributed by atoms with Gasteiger partial charge in [0.05, 0.1) is 0 Å². The van der Waals surface area contributed by atoms with Crippen molar-refractivity contribution in [2.45, 2.75) is 45.1 Å². The zero-order valence-electron chi connectivity index (χ0n) is 17.3. The predicted molar refractivity (Wildman–Crippen MR) is 121 cm³/mol. The highest BCUT2D eigenvalue weighted by Gasteiger charge is 2.42. The van der Waals surface area contributed by atoms with Crippen molar-refractivity contribution in [3.05, 3.63) is 70.4 Å². The lowest BCUT2D eigenvalue weighted by molar-refractivity contribution is -0.140. The van der Waals surface area contributed by atoms with Crippen molar-refractivity contribution in [3.63, 3.8) is 0 Å². The number of anilines is 2. The SMILES string of the molecule is Cc1cccc(NC(=O)c2cccc(NC3=C(Cl)C(=O)N(C4CCCCC4)C3=O)c2)c1. The van der Waals surface area contributed by atoms with Gasteiger partial charge in [-0.15, -0.1) is 0 Å². The molecule has 0 atom stereocenters.